The van der Waals surface area contributed by atoms with Gasteiger partial charge in [-0.2, -0.15) is 0 Å². The quantitative estimate of drug-likeness (QED) is 0.481. The van der Waals surface area contributed by atoms with E-state index in [1.165, 1.54) is 0 Å². The molecule has 72 valence electrons. The number of cyclic esters (lactones) is 1. The van der Waals surface area contributed by atoms with Crippen LogP contribution in [0.5, 0.6) is 0 Å². The zero-order valence-corrected chi connectivity index (χ0v) is 7.09. The van der Waals surface area contributed by atoms with Crippen molar-refractivity contribution in [3.05, 3.63) is 0 Å². The second kappa shape index (κ2) is 2.25. The van der Waals surface area contributed by atoms with E-state index in [4.69, 9.17) is 4.74 Å². The summed E-state index contributed by atoms with van der Waals surface area (Å²) in [5.74, 6) is -0.426. The number of carbonyl (C=O) groups is 1. The minimum Gasteiger partial charge on any atom is -0.465 e. The summed E-state index contributed by atoms with van der Waals surface area (Å²) in [6.45, 7) is 0.388. The van der Waals surface area contributed by atoms with Crippen LogP contribution in [0, 0.1) is 23.7 Å². The van der Waals surface area contributed by atoms with Gasteiger partial charge in [-0.25, -0.2) is 0 Å². The first-order valence-electron chi connectivity index (χ1n) is 4.73. The summed E-state index contributed by atoms with van der Waals surface area (Å²) < 4.78 is 4.94. The molecule has 0 aromatic rings. The minimum absolute atomic E-state index is 0.0556. The Morgan fingerprint density at radius 2 is 2.08 bits per heavy atom. The molecule has 1 heterocycles. The molecule has 1 saturated heterocycles. The van der Waals surface area contributed by atoms with E-state index >= 15 is 0 Å². The van der Waals surface area contributed by atoms with Crippen molar-refractivity contribution in [1.29, 1.82) is 0 Å². The molecule has 3 rings (SSSR count). The Hall–Kier alpha value is -0.610. The molecule has 0 aromatic heterocycles. The van der Waals surface area contributed by atoms with Crippen molar-refractivity contribution < 1.29 is 19.7 Å². The van der Waals surface area contributed by atoms with E-state index in [0.717, 1.165) is 0 Å². The summed E-state index contributed by atoms with van der Waals surface area (Å²) in [7, 11) is 0. The zero-order chi connectivity index (χ0) is 9.16. The van der Waals surface area contributed by atoms with E-state index in [1.54, 1.807) is 0 Å². The molecule has 4 nitrogen and oxygen atoms in total. The molecular formula is C9H12O4. The fourth-order valence-electron chi connectivity index (χ4n) is 3.38. The second-order valence-corrected chi connectivity index (χ2v) is 4.35. The van der Waals surface area contributed by atoms with Crippen LogP contribution >= 0.6 is 0 Å². The first-order valence-corrected chi connectivity index (χ1v) is 4.73. The molecule has 0 amide bonds. The number of carbonyl (C=O) groups excluding carboxylic acids is 1. The molecule has 2 N–H and O–H groups in total. The molecule has 2 aliphatic carbocycles. The maximum Gasteiger partial charge on any atom is 0.309 e. The number of ether oxygens (including phenoxy) is 1. The smallest absolute Gasteiger partial charge is 0.309 e. The van der Waals surface area contributed by atoms with Crippen LogP contribution in [0.4, 0.5) is 0 Å². The Kier molecular flexibility index (Phi) is 1.34. The lowest BCUT2D eigenvalue weighted by atomic mass is 9.80. The van der Waals surface area contributed by atoms with Crippen molar-refractivity contribution >= 4 is 5.97 Å². The van der Waals surface area contributed by atoms with Crippen LogP contribution in [0.1, 0.15) is 6.42 Å². The fourth-order valence-corrected chi connectivity index (χ4v) is 3.38. The average Bonchev–Trinajstić information content (AvgIpc) is 2.64. The lowest BCUT2D eigenvalue weighted by molar-refractivity contribution is -0.143. The Bertz CT molecular complexity index is 262. The SMILES string of the molecule is O=C1OC[C@H]2[C@H]1[C@@H]1C[C@H](O)[C@@H]2[C@H]1O. The zero-order valence-electron chi connectivity index (χ0n) is 7.09. The molecule has 6 atom stereocenters. The van der Waals surface area contributed by atoms with E-state index in [-0.39, 0.29) is 29.6 Å². The number of aliphatic hydroxyl groups is 2. The molecule has 1 aliphatic heterocycles. The number of aliphatic hydroxyl groups excluding tert-OH is 2. The third kappa shape index (κ3) is 0.758. The highest BCUT2D eigenvalue weighted by molar-refractivity contribution is 5.76. The molecule has 3 fully saturated rings. The molecule has 4 heteroatoms. The van der Waals surface area contributed by atoms with Gasteiger partial charge in [-0.05, 0) is 6.42 Å². The van der Waals surface area contributed by atoms with Crippen molar-refractivity contribution in [2.45, 2.75) is 18.6 Å². The summed E-state index contributed by atoms with van der Waals surface area (Å²) in [6.07, 6.45) is -0.365. The molecule has 3 aliphatic rings. The number of rotatable bonds is 0. The average molecular weight is 184 g/mol. The maximum atomic E-state index is 11.3. The van der Waals surface area contributed by atoms with Crippen LogP contribution in [0.2, 0.25) is 0 Å². The van der Waals surface area contributed by atoms with Crippen LogP contribution in [0.3, 0.4) is 0 Å². The first kappa shape index (κ1) is 7.76. The van der Waals surface area contributed by atoms with Crippen LogP contribution in [-0.4, -0.2) is 35.0 Å². The number of hydrogen-bond donors (Lipinski definition) is 2. The standard InChI is InChI=1S/C9H12O4/c10-5-1-3-6-4(2-13-9(6)12)7(5)8(3)11/h3-8,10-11H,1-2H2/t3-,4-,5-,6+,7+,8-/m0/s1. The number of esters is 1. The highest BCUT2D eigenvalue weighted by Crippen LogP contribution is 2.55. The molecule has 0 radical (unpaired) electrons. The lowest BCUT2D eigenvalue weighted by Gasteiger charge is -2.23. The fraction of sp³-hybridized carbons (Fsp3) is 0.889. The van der Waals surface area contributed by atoms with Crippen LogP contribution in [0.15, 0.2) is 0 Å². The van der Waals surface area contributed by atoms with Crippen LogP contribution < -0.4 is 0 Å². The molecule has 0 unspecified atom stereocenters. The van der Waals surface area contributed by atoms with Gasteiger partial charge in [0.25, 0.3) is 0 Å². The van der Waals surface area contributed by atoms with Gasteiger partial charge < -0.3 is 14.9 Å². The summed E-state index contributed by atoms with van der Waals surface area (Å²) >= 11 is 0. The molecule has 0 spiro atoms. The Morgan fingerprint density at radius 3 is 2.85 bits per heavy atom. The van der Waals surface area contributed by atoms with Gasteiger partial charge in [0.2, 0.25) is 0 Å². The van der Waals surface area contributed by atoms with Crippen molar-refractivity contribution in [3.8, 4) is 0 Å². The first-order chi connectivity index (χ1) is 6.20. The van der Waals surface area contributed by atoms with Crippen molar-refractivity contribution in [2.24, 2.45) is 23.7 Å². The molecular weight excluding hydrogens is 172 g/mol. The van der Waals surface area contributed by atoms with Crippen LogP contribution in [-0.2, 0) is 9.53 Å². The molecule has 0 aromatic carbocycles. The monoisotopic (exact) mass is 184 g/mol. The predicted molar refractivity (Wildman–Crippen MR) is 41.5 cm³/mol. The summed E-state index contributed by atoms with van der Waals surface area (Å²) in [5, 5.41) is 19.4. The van der Waals surface area contributed by atoms with Gasteiger partial charge in [0.15, 0.2) is 0 Å². The molecule has 13 heavy (non-hydrogen) atoms. The lowest BCUT2D eigenvalue weighted by Crippen LogP contribution is -2.31. The summed E-state index contributed by atoms with van der Waals surface area (Å²) in [6, 6.07) is 0. The molecule has 2 bridgehead atoms. The third-order valence-electron chi connectivity index (χ3n) is 3.90. The van der Waals surface area contributed by atoms with E-state index < -0.39 is 12.2 Å². The van der Waals surface area contributed by atoms with Crippen molar-refractivity contribution in [3.63, 3.8) is 0 Å². The summed E-state index contributed by atoms with van der Waals surface area (Å²) in [4.78, 5) is 11.3. The Balaban J connectivity index is 1.98. The largest absolute Gasteiger partial charge is 0.465 e. The number of fused-ring (bicyclic) bond motifs is 5. The topological polar surface area (TPSA) is 66.8 Å². The van der Waals surface area contributed by atoms with Gasteiger partial charge >= 0.3 is 5.97 Å². The van der Waals surface area contributed by atoms with Crippen molar-refractivity contribution in [2.75, 3.05) is 6.61 Å². The third-order valence-corrected chi connectivity index (χ3v) is 3.90. The minimum atomic E-state index is -0.488. The van der Waals surface area contributed by atoms with E-state index in [1.807, 2.05) is 0 Å². The Labute approximate surface area is 75.5 Å². The van der Waals surface area contributed by atoms with Crippen molar-refractivity contribution in [1.82, 2.24) is 0 Å². The van der Waals surface area contributed by atoms with Gasteiger partial charge in [-0.3, -0.25) is 4.79 Å². The number of hydrogen-bond acceptors (Lipinski definition) is 4. The van der Waals surface area contributed by atoms with Crippen LogP contribution in [0.25, 0.3) is 0 Å². The van der Waals surface area contributed by atoms with Gasteiger partial charge in [0.05, 0.1) is 24.7 Å². The van der Waals surface area contributed by atoms with Gasteiger partial charge in [0, 0.05) is 17.8 Å². The van der Waals surface area contributed by atoms with Gasteiger partial charge in [0.1, 0.15) is 0 Å². The van der Waals surface area contributed by atoms with Gasteiger partial charge in [-0.15, -0.1) is 0 Å². The molecule has 2 saturated carbocycles. The Morgan fingerprint density at radius 1 is 1.31 bits per heavy atom. The highest BCUT2D eigenvalue weighted by Gasteiger charge is 2.63. The second-order valence-electron chi connectivity index (χ2n) is 4.35. The maximum absolute atomic E-state index is 11.3. The van der Waals surface area contributed by atoms with E-state index in [2.05, 4.69) is 0 Å². The van der Waals surface area contributed by atoms with E-state index in [0.29, 0.717) is 13.0 Å². The normalized spacial score (nSPS) is 58.2. The highest BCUT2D eigenvalue weighted by atomic mass is 16.5. The van der Waals surface area contributed by atoms with Gasteiger partial charge in [-0.1, -0.05) is 0 Å². The predicted octanol–water partition coefficient (Wildman–Crippen LogP) is -0.853. The van der Waals surface area contributed by atoms with E-state index in [9.17, 15) is 15.0 Å². The summed E-state index contributed by atoms with van der Waals surface area (Å²) in [5.41, 5.74) is 0.